The Kier molecular flexibility index (Phi) is 3.48. The summed E-state index contributed by atoms with van der Waals surface area (Å²) in [5, 5.41) is 10.2. The number of hydrogen-bond donors (Lipinski definition) is 1. The smallest absolute Gasteiger partial charge is 0.0596 e. The van der Waals surface area contributed by atoms with Crippen molar-refractivity contribution in [3.8, 4) is 0 Å². The molecule has 0 aromatic carbocycles. The Balaban J connectivity index is 1.76. The van der Waals surface area contributed by atoms with Gasteiger partial charge in [0.25, 0.3) is 0 Å². The summed E-state index contributed by atoms with van der Waals surface area (Å²) in [5.74, 6) is 2.26. The van der Waals surface area contributed by atoms with E-state index in [1.807, 2.05) is 0 Å². The highest BCUT2D eigenvalue weighted by Crippen LogP contribution is 2.39. The molecule has 14 heavy (non-hydrogen) atoms. The van der Waals surface area contributed by atoms with Crippen molar-refractivity contribution in [2.75, 3.05) is 0 Å². The molecule has 2 rings (SSSR count). The Morgan fingerprint density at radius 1 is 1.00 bits per heavy atom. The van der Waals surface area contributed by atoms with E-state index in [0.717, 1.165) is 5.92 Å². The Labute approximate surface area is 87.9 Å². The molecule has 2 aliphatic carbocycles. The van der Waals surface area contributed by atoms with Crippen molar-refractivity contribution in [1.82, 2.24) is 0 Å². The highest BCUT2D eigenvalue weighted by Gasteiger charge is 2.33. The summed E-state index contributed by atoms with van der Waals surface area (Å²) in [5.41, 5.74) is 0. The SMILES string of the molecule is CCC1CCC(C(O)C2CCC2)CC1. The molecule has 2 saturated carbocycles. The van der Waals surface area contributed by atoms with Crippen LogP contribution in [0.1, 0.15) is 58.3 Å². The fraction of sp³-hybridized carbons (Fsp3) is 1.00. The van der Waals surface area contributed by atoms with Gasteiger partial charge in [0.15, 0.2) is 0 Å². The summed E-state index contributed by atoms with van der Waals surface area (Å²) in [7, 11) is 0. The Morgan fingerprint density at radius 3 is 2.00 bits per heavy atom. The molecule has 2 fully saturated rings. The first-order valence-electron chi connectivity index (χ1n) is 6.49. The van der Waals surface area contributed by atoms with Crippen LogP contribution < -0.4 is 0 Å². The van der Waals surface area contributed by atoms with Gasteiger partial charge in [-0.05, 0) is 43.4 Å². The highest BCUT2D eigenvalue weighted by molar-refractivity contribution is 4.84. The van der Waals surface area contributed by atoms with Crippen LogP contribution in [0.3, 0.4) is 0 Å². The van der Waals surface area contributed by atoms with Crippen molar-refractivity contribution in [2.45, 2.75) is 64.4 Å². The van der Waals surface area contributed by atoms with E-state index in [4.69, 9.17) is 0 Å². The first-order valence-corrected chi connectivity index (χ1v) is 6.49. The zero-order valence-corrected chi connectivity index (χ0v) is 9.41. The lowest BCUT2D eigenvalue weighted by atomic mass is 9.70. The van der Waals surface area contributed by atoms with Crippen molar-refractivity contribution < 1.29 is 5.11 Å². The maximum Gasteiger partial charge on any atom is 0.0596 e. The molecule has 1 nitrogen and oxygen atoms in total. The normalized spacial score (nSPS) is 36.4. The Morgan fingerprint density at radius 2 is 1.57 bits per heavy atom. The minimum atomic E-state index is 0.0431. The standard InChI is InChI=1S/C13H24O/c1-2-10-6-8-12(9-7-10)13(14)11-4-3-5-11/h10-14H,2-9H2,1H3. The topological polar surface area (TPSA) is 20.2 Å². The third kappa shape index (κ3) is 2.13. The zero-order chi connectivity index (χ0) is 9.97. The predicted molar refractivity (Wildman–Crippen MR) is 59.1 cm³/mol. The predicted octanol–water partition coefficient (Wildman–Crippen LogP) is 3.36. The second-order valence-electron chi connectivity index (χ2n) is 5.37. The molecule has 0 aliphatic heterocycles. The Hall–Kier alpha value is -0.0400. The van der Waals surface area contributed by atoms with Crippen molar-refractivity contribution in [3.05, 3.63) is 0 Å². The minimum Gasteiger partial charge on any atom is -0.393 e. The lowest BCUT2D eigenvalue weighted by Crippen LogP contribution is -2.35. The molecule has 82 valence electrons. The summed E-state index contributed by atoms with van der Waals surface area (Å²) in [6, 6.07) is 0. The van der Waals surface area contributed by atoms with Crippen LogP contribution in [-0.2, 0) is 0 Å². The highest BCUT2D eigenvalue weighted by atomic mass is 16.3. The molecule has 0 heterocycles. The van der Waals surface area contributed by atoms with Gasteiger partial charge >= 0.3 is 0 Å². The van der Waals surface area contributed by atoms with Crippen LogP contribution in [0.2, 0.25) is 0 Å². The molecule has 0 radical (unpaired) electrons. The summed E-state index contributed by atoms with van der Waals surface area (Å²) < 4.78 is 0. The van der Waals surface area contributed by atoms with E-state index in [9.17, 15) is 5.11 Å². The molecule has 2 aliphatic rings. The number of hydrogen-bond acceptors (Lipinski definition) is 1. The minimum absolute atomic E-state index is 0.0431. The van der Waals surface area contributed by atoms with E-state index in [0.29, 0.717) is 11.8 Å². The van der Waals surface area contributed by atoms with Gasteiger partial charge < -0.3 is 5.11 Å². The third-order valence-electron chi connectivity index (χ3n) is 4.58. The first kappa shape index (κ1) is 10.5. The van der Waals surface area contributed by atoms with E-state index in [1.54, 1.807) is 0 Å². The third-order valence-corrected chi connectivity index (χ3v) is 4.58. The molecular weight excluding hydrogens is 172 g/mol. The average molecular weight is 196 g/mol. The second kappa shape index (κ2) is 4.65. The summed E-state index contributed by atoms with van der Waals surface area (Å²) in [6.07, 6.45) is 10.6. The van der Waals surface area contributed by atoms with Crippen molar-refractivity contribution >= 4 is 0 Å². The monoisotopic (exact) mass is 196 g/mol. The quantitative estimate of drug-likeness (QED) is 0.734. The summed E-state index contributed by atoms with van der Waals surface area (Å²) in [6.45, 7) is 2.30. The van der Waals surface area contributed by atoms with Crippen LogP contribution >= 0.6 is 0 Å². The molecule has 1 heteroatoms. The molecule has 0 bridgehead atoms. The van der Waals surface area contributed by atoms with E-state index >= 15 is 0 Å². The van der Waals surface area contributed by atoms with Gasteiger partial charge in [-0.15, -0.1) is 0 Å². The van der Waals surface area contributed by atoms with Gasteiger partial charge in [0, 0.05) is 0 Å². The molecule has 0 spiro atoms. The van der Waals surface area contributed by atoms with Gasteiger partial charge in [-0.2, -0.15) is 0 Å². The van der Waals surface area contributed by atoms with Crippen LogP contribution in [0.15, 0.2) is 0 Å². The van der Waals surface area contributed by atoms with Gasteiger partial charge in [0.2, 0.25) is 0 Å². The number of aliphatic hydroxyl groups is 1. The maximum absolute atomic E-state index is 10.2. The van der Waals surface area contributed by atoms with Crippen LogP contribution in [0.25, 0.3) is 0 Å². The number of aliphatic hydroxyl groups excluding tert-OH is 1. The van der Waals surface area contributed by atoms with Crippen molar-refractivity contribution in [2.24, 2.45) is 17.8 Å². The second-order valence-corrected chi connectivity index (χ2v) is 5.37. The molecule has 0 saturated heterocycles. The van der Waals surface area contributed by atoms with Gasteiger partial charge in [-0.1, -0.05) is 32.6 Å². The van der Waals surface area contributed by atoms with Crippen LogP contribution in [0.5, 0.6) is 0 Å². The Bertz CT molecular complexity index is 166. The van der Waals surface area contributed by atoms with Gasteiger partial charge in [0.05, 0.1) is 6.10 Å². The van der Waals surface area contributed by atoms with Crippen molar-refractivity contribution in [1.29, 1.82) is 0 Å². The average Bonchev–Trinajstić information content (AvgIpc) is 2.15. The zero-order valence-electron chi connectivity index (χ0n) is 9.41. The summed E-state index contributed by atoms with van der Waals surface area (Å²) in [4.78, 5) is 0. The first-order chi connectivity index (χ1) is 6.81. The summed E-state index contributed by atoms with van der Waals surface area (Å²) >= 11 is 0. The van der Waals surface area contributed by atoms with Gasteiger partial charge in [-0.3, -0.25) is 0 Å². The molecule has 1 unspecified atom stereocenters. The van der Waals surface area contributed by atoms with Crippen LogP contribution in [0, 0.1) is 17.8 Å². The van der Waals surface area contributed by atoms with E-state index < -0.39 is 0 Å². The van der Waals surface area contributed by atoms with Crippen LogP contribution in [0.4, 0.5) is 0 Å². The van der Waals surface area contributed by atoms with Gasteiger partial charge in [0.1, 0.15) is 0 Å². The number of rotatable bonds is 3. The maximum atomic E-state index is 10.2. The lowest BCUT2D eigenvalue weighted by Gasteiger charge is -2.38. The molecular formula is C13H24O. The fourth-order valence-electron chi connectivity index (χ4n) is 3.10. The fourth-order valence-corrected chi connectivity index (χ4v) is 3.10. The lowest BCUT2D eigenvalue weighted by molar-refractivity contribution is -0.00386. The van der Waals surface area contributed by atoms with Crippen LogP contribution in [-0.4, -0.2) is 11.2 Å². The molecule has 0 aromatic rings. The van der Waals surface area contributed by atoms with Crippen molar-refractivity contribution in [3.63, 3.8) is 0 Å². The largest absolute Gasteiger partial charge is 0.393 e. The van der Waals surface area contributed by atoms with E-state index in [1.165, 1.54) is 51.4 Å². The van der Waals surface area contributed by atoms with Gasteiger partial charge in [-0.25, -0.2) is 0 Å². The molecule has 1 N–H and O–H groups in total. The van der Waals surface area contributed by atoms with E-state index in [2.05, 4.69) is 6.92 Å². The molecule has 0 amide bonds. The molecule has 1 atom stereocenters. The van der Waals surface area contributed by atoms with E-state index in [-0.39, 0.29) is 6.10 Å². The molecule has 0 aromatic heterocycles.